The van der Waals surface area contributed by atoms with Gasteiger partial charge in [0.1, 0.15) is 0 Å². The van der Waals surface area contributed by atoms with Crippen LogP contribution in [0, 0.1) is 11.3 Å². The van der Waals surface area contributed by atoms with Crippen LogP contribution in [0.4, 0.5) is 5.69 Å². The van der Waals surface area contributed by atoms with Crippen molar-refractivity contribution in [3.63, 3.8) is 0 Å². The number of carbonyl (C=O) groups excluding carboxylic acids is 1. The first-order chi connectivity index (χ1) is 10.2. The maximum absolute atomic E-state index is 12.2. The maximum atomic E-state index is 12.2. The minimum absolute atomic E-state index is 0.106. The van der Waals surface area contributed by atoms with Gasteiger partial charge in [-0.15, -0.1) is 0 Å². The number of nitriles is 1. The van der Waals surface area contributed by atoms with Crippen LogP contribution in [0.2, 0.25) is 5.02 Å². The number of halogens is 1. The lowest BCUT2D eigenvalue weighted by Crippen LogP contribution is -2.34. The van der Waals surface area contributed by atoms with E-state index in [4.69, 9.17) is 16.9 Å². The fourth-order valence-corrected chi connectivity index (χ4v) is 2.83. The first kappa shape index (κ1) is 13.7. The lowest BCUT2D eigenvalue weighted by atomic mass is 10.0. The molecule has 0 radical (unpaired) electrons. The predicted molar refractivity (Wildman–Crippen MR) is 82.1 cm³/mol. The van der Waals surface area contributed by atoms with Gasteiger partial charge in [0.2, 0.25) is 5.91 Å². The molecule has 104 valence electrons. The Labute approximate surface area is 128 Å². The number of aryl methyl sites for hydroxylation is 1. The van der Waals surface area contributed by atoms with E-state index in [2.05, 4.69) is 12.1 Å². The Morgan fingerprint density at radius 1 is 1.19 bits per heavy atom. The molecule has 1 amide bonds. The Kier molecular flexibility index (Phi) is 3.64. The summed E-state index contributed by atoms with van der Waals surface area (Å²) in [6, 6.07) is 15.2. The molecule has 0 saturated heterocycles. The molecule has 0 bridgehead atoms. The Morgan fingerprint density at radius 3 is 2.76 bits per heavy atom. The third-order valence-corrected chi connectivity index (χ3v) is 4.05. The van der Waals surface area contributed by atoms with E-state index in [9.17, 15) is 4.79 Å². The summed E-state index contributed by atoms with van der Waals surface area (Å²) in [6.45, 7) is 0.431. The molecule has 0 N–H and O–H groups in total. The number of amides is 1. The Morgan fingerprint density at radius 2 is 2.00 bits per heavy atom. The summed E-state index contributed by atoms with van der Waals surface area (Å²) in [7, 11) is 0. The van der Waals surface area contributed by atoms with Crippen LogP contribution in [-0.2, 0) is 17.8 Å². The van der Waals surface area contributed by atoms with Gasteiger partial charge in [-0.05, 0) is 35.7 Å². The van der Waals surface area contributed by atoms with Crippen LogP contribution >= 0.6 is 11.6 Å². The van der Waals surface area contributed by atoms with Crippen LogP contribution in [0.15, 0.2) is 42.5 Å². The van der Waals surface area contributed by atoms with E-state index in [-0.39, 0.29) is 5.91 Å². The fraction of sp³-hybridized carbons (Fsp3) is 0.176. The number of nitrogens with zero attached hydrogens (tertiary/aromatic N) is 2. The normalized spacial score (nSPS) is 13.7. The van der Waals surface area contributed by atoms with Gasteiger partial charge < -0.3 is 4.90 Å². The number of anilines is 1. The van der Waals surface area contributed by atoms with Crippen molar-refractivity contribution in [2.75, 3.05) is 4.90 Å². The second kappa shape index (κ2) is 5.59. The second-order valence-corrected chi connectivity index (χ2v) is 5.43. The zero-order chi connectivity index (χ0) is 14.8. The third kappa shape index (κ3) is 2.63. The van der Waals surface area contributed by atoms with E-state index in [1.165, 1.54) is 5.56 Å². The van der Waals surface area contributed by atoms with Crippen LogP contribution in [0.1, 0.15) is 23.1 Å². The molecule has 3 nitrogen and oxygen atoms in total. The average Bonchev–Trinajstić information content (AvgIpc) is 2.51. The highest BCUT2D eigenvalue weighted by Crippen LogP contribution is 2.30. The molecule has 2 aromatic carbocycles. The minimum atomic E-state index is 0.106. The number of para-hydroxylation sites is 1. The van der Waals surface area contributed by atoms with Gasteiger partial charge >= 0.3 is 0 Å². The summed E-state index contributed by atoms with van der Waals surface area (Å²) in [5.41, 5.74) is 3.51. The van der Waals surface area contributed by atoms with E-state index in [0.29, 0.717) is 23.6 Å². The molecule has 0 fully saturated rings. The van der Waals surface area contributed by atoms with Gasteiger partial charge in [0, 0.05) is 17.1 Å². The minimum Gasteiger partial charge on any atom is -0.308 e. The van der Waals surface area contributed by atoms with Gasteiger partial charge in [0.15, 0.2) is 0 Å². The van der Waals surface area contributed by atoms with Gasteiger partial charge in [0.05, 0.1) is 18.2 Å². The lowest BCUT2D eigenvalue weighted by Gasteiger charge is -2.29. The number of hydrogen-bond donors (Lipinski definition) is 0. The topological polar surface area (TPSA) is 44.1 Å². The number of rotatable bonds is 2. The van der Waals surface area contributed by atoms with Crippen molar-refractivity contribution >= 4 is 23.2 Å². The second-order valence-electron chi connectivity index (χ2n) is 5.03. The molecule has 0 spiro atoms. The van der Waals surface area contributed by atoms with Crippen LogP contribution in [0.5, 0.6) is 0 Å². The molecule has 0 atom stereocenters. The molecule has 21 heavy (non-hydrogen) atoms. The number of carbonyl (C=O) groups is 1. The molecule has 0 aromatic heterocycles. The standard InChI is InChI=1S/C17H13ClN2O/c18-15-9-12(10-19)5-6-14(15)11-20-16-4-2-1-3-13(16)7-8-17(20)21/h1-6,9H,7-8,11H2. The summed E-state index contributed by atoms with van der Waals surface area (Å²) in [4.78, 5) is 14.0. The number of benzene rings is 2. The summed E-state index contributed by atoms with van der Waals surface area (Å²) in [6.07, 6.45) is 1.30. The van der Waals surface area contributed by atoms with Crippen molar-refractivity contribution in [2.45, 2.75) is 19.4 Å². The SMILES string of the molecule is N#Cc1ccc(CN2C(=O)CCc3ccccc32)c(Cl)c1. The maximum Gasteiger partial charge on any atom is 0.227 e. The average molecular weight is 297 g/mol. The molecule has 0 aliphatic carbocycles. The zero-order valence-corrected chi connectivity index (χ0v) is 12.1. The molecule has 0 saturated carbocycles. The Bertz CT molecular complexity index is 749. The van der Waals surface area contributed by atoms with Gasteiger partial charge in [0.25, 0.3) is 0 Å². The predicted octanol–water partition coefficient (Wildman–Crippen LogP) is 3.69. The molecule has 3 rings (SSSR count). The smallest absolute Gasteiger partial charge is 0.227 e. The van der Waals surface area contributed by atoms with Crippen molar-refractivity contribution in [1.29, 1.82) is 5.26 Å². The summed E-state index contributed by atoms with van der Waals surface area (Å²) < 4.78 is 0. The molecule has 1 heterocycles. The van der Waals surface area contributed by atoms with E-state index in [1.54, 1.807) is 17.0 Å². The van der Waals surface area contributed by atoms with Crippen LogP contribution in [0.25, 0.3) is 0 Å². The molecule has 1 aliphatic rings. The number of hydrogen-bond acceptors (Lipinski definition) is 2. The highest BCUT2D eigenvalue weighted by molar-refractivity contribution is 6.31. The van der Waals surface area contributed by atoms with Crippen LogP contribution in [-0.4, -0.2) is 5.91 Å². The summed E-state index contributed by atoms with van der Waals surface area (Å²) in [5, 5.41) is 9.39. The van der Waals surface area contributed by atoms with Crippen molar-refractivity contribution < 1.29 is 4.79 Å². The van der Waals surface area contributed by atoms with E-state index in [1.807, 2.05) is 24.3 Å². The van der Waals surface area contributed by atoms with Crippen LogP contribution in [0.3, 0.4) is 0 Å². The largest absolute Gasteiger partial charge is 0.308 e. The van der Waals surface area contributed by atoms with Gasteiger partial charge in [-0.2, -0.15) is 5.26 Å². The van der Waals surface area contributed by atoms with E-state index in [0.717, 1.165) is 17.7 Å². The highest BCUT2D eigenvalue weighted by Gasteiger charge is 2.24. The molecule has 2 aromatic rings. The molecular weight excluding hydrogens is 284 g/mol. The molecule has 1 aliphatic heterocycles. The summed E-state index contributed by atoms with van der Waals surface area (Å²) >= 11 is 6.21. The molecule has 4 heteroatoms. The molecular formula is C17H13ClN2O. The quantitative estimate of drug-likeness (QED) is 0.848. The van der Waals surface area contributed by atoms with Crippen molar-refractivity contribution in [2.24, 2.45) is 0 Å². The highest BCUT2D eigenvalue weighted by atomic mass is 35.5. The monoisotopic (exact) mass is 296 g/mol. The van der Waals surface area contributed by atoms with Crippen LogP contribution < -0.4 is 4.90 Å². The van der Waals surface area contributed by atoms with Gasteiger partial charge in [-0.3, -0.25) is 4.79 Å². The summed E-state index contributed by atoms with van der Waals surface area (Å²) in [5.74, 6) is 0.106. The van der Waals surface area contributed by atoms with Crippen molar-refractivity contribution in [1.82, 2.24) is 0 Å². The Hall–Kier alpha value is -2.31. The molecule has 0 unspecified atom stereocenters. The van der Waals surface area contributed by atoms with Gasteiger partial charge in [-0.25, -0.2) is 0 Å². The van der Waals surface area contributed by atoms with E-state index >= 15 is 0 Å². The zero-order valence-electron chi connectivity index (χ0n) is 11.3. The number of fused-ring (bicyclic) bond motifs is 1. The van der Waals surface area contributed by atoms with E-state index < -0.39 is 0 Å². The first-order valence-corrected chi connectivity index (χ1v) is 7.13. The fourth-order valence-electron chi connectivity index (χ4n) is 2.59. The Balaban J connectivity index is 1.95. The first-order valence-electron chi connectivity index (χ1n) is 6.76. The van der Waals surface area contributed by atoms with Crippen molar-refractivity contribution in [3.05, 3.63) is 64.2 Å². The van der Waals surface area contributed by atoms with Gasteiger partial charge in [-0.1, -0.05) is 35.9 Å². The lowest BCUT2D eigenvalue weighted by molar-refractivity contribution is -0.119. The van der Waals surface area contributed by atoms with Crippen molar-refractivity contribution in [3.8, 4) is 6.07 Å². The third-order valence-electron chi connectivity index (χ3n) is 3.70.